The predicted octanol–water partition coefficient (Wildman–Crippen LogP) is 3.10. The average Bonchev–Trinajstić information content (AvgIpc) is 3.31. The van der Waals surface area contributed by atoms with Crippen LogP contribution >= 0.6 is 11.3 Å². The molecule has 0 radical (unpaired) electrons. The third kappa shape index (κ3) is 3.14. The quantitative estimate of drug-likeness (QED) is 0.541. The number of thiazole rings is 1. The van der Waals surface area contributed by atoms with Crippen LogP contribution in [0, 0.1) is 0 Å². The van der Waals surface area contributed by atoms with E-state index in [2.05, 4.69) is 35.3 Å². The average molecular weight is 386 g/mol. The van der Waals surface area contributed by atoms with Gasteiger partial charge < -0.3 is 4.74 Å². The van der Waals surface area contributed by atoms with E-state index in [1.54, 1.807) is 4.57 Å². The van der Waals surface area contributed by atoms with E-state index >= 15 is 0 Å². The molecule has 28 heavy (non-hydrogen) atoms. The van der Waals surface area contributed by atoms with Crippen LogP contribution in [0.5, 0.6) is 5.75 Å². The van der Waals surface area contributed by atoms with Gasteiger partial charge in [-0.15, -0.1) is 0 Å². The second-order valence-corrected chi connectivity index (χ2v) is 7.74. The Morgan fingerprint density at radius 2 is 1.86 bits per heavy atom. The summed E-state index contributed by atoms with van der Waals surface area (Å²) in [6, 6.07) is 22.4. The van der Waals surface area contributed by atoms with Crippen LogP contribution in [-0.2, 0) is 13.2 Å². The maximum absolute atomic E-state index is 12.4. The first-order valence-corrected chi connectivity index (χ1v) is 10.0. The number of rotatable bonds is 4. The number of aromatic nitrogens is 1. The van der Waals surface area contributed by atoms with Crippen molar-refractivity contribution in [1.29, 1.82) is 0 Å². The van der Waals surface area contributed by atoms with Crippen LogP contribution in [0.4, 0.5) is 0 Å². The second-order valence-electron chi connectivity index (χ2n) is 6.73. The third-order valence-corrected chi connectivity index (χ3v) is 5.96. The highest BCUT2D eigenvalue weighted by Gasteiger charge is 2.09. The zero-order valence-corrected chi connectivity index (χ0v) is 16.0. The van der Waals surface area contributed by atoms with Gasteiger partial charge in [0.2, 0.25) is 0 Å². The number of hydrogen-bond acceptors (Lipinski definition) is 4. The van der Waals surface area contributed by atoms with Gasteiger partial charge in [-0.25, -0.2) is 0 Å². The Morgan fingerprint density at radius 3 is 2.71 bits per heavy atom. The molecule has 0 atom stereocenters. The summed E-state index contributed by atoms with van der Waals surface area (Å²) in [5.74, 6) is 0.811. The molecule has 0 fully saturated rings. The summed E-state index contributed by atoms with van der Waals surface area (Å²) in [4.78, 5) is 17.5. The number of fused-ring (bicyclic) bond motifs is 2. The maximum atomic E-state index is 12.4. The summed E-state index contributed by atoms with van der Waals surface area (Å²) in [7, 11) is 0. The van der Waals surface area contributed by atoms with Gasteiger partial charge in [0.15, 0.2) is 4.80 Å². The molecule has 0 saturated carbocycles. The van der Waals surface area contributed by atoms with Gasteiger partial charge in [-0.1, -0.05) is 65.9 Å². The van der Waals surface area contributed by atoms with E-state index in [1.807, 2.05) is 42.5 Å². The molecule has 138 valence electrons. The summed E-state index contributed by atoms with van der Waals surface area (Å²) in [6.07, 6.45) is 1.92. The Labute approximate surface area is 165 Å². The number of hydrogen-bond donors (Lipinski definition) is 0. The molecule has 5 heteroatoms. The van der Waals surface area contributed by atoms with E-state index in [4.69, 9.17) is 4.74 Å². The van der Waals surface area contributed by atoms with Crippen molar-refractivity contribution < 1.29 is 4.74 Å². The van der Waals surface area contributed by atoms with Gasteiger partial charge in [0.05, 0.1) is 11.1 Å². The SMILES string of the molecule is O=c1/c(=C/c2ccc(OCc3cccc4ccccc34)cc2)sc2n1CCN=2. The van der Waals surface area contributed by atoms with Gasteiger partial charge in [0, 0.05) is 6.54 Å². The van der Waals surface area contributed by atoms with E-state index in [-0.39, 0.29) is 5.56 Å². The van der Waals surface area contributed by atoms with Gasteiger partial charge in [0.25, 0.3) is 5.56 Å². The predicted molar refractivity (Wildman–Crippen MR) is 113 cm³/mol. The van der Waals surface area contributed by atoms with Gasteiger partial charge in [0.1, 0.15) is 12.4 Å². The van der Waals surface area contributed by atoms with Crippen molar-refractivity contribution >= 4 is 28.2 Å². The van der Waals surface area contributed by atoms with E-state index in [9.17, 15) is 4.79 Å². The standard InChI is InChI=1S/C23H18N2O2S/c26-22-21(28-23-24-12-13-25(22)23)14-16-8-10-19(11-9-16)27-15-18-6-3-5-17-4-1-2-7-20(17)18/h1-11,14H,12-13,15H2/b21-14-. The third-order valence-electron chi connectivity index (χ3n) is 4.91. The Bertz CT molecular complexity index is 1330. The van der Waals surface area contributed by atoms with E-state index in [1.165, 1.54) is 27.7 Å². The fraction of sp³-hybridized carbons (Fsp3) is 0.130. The molecule has 4 nitrogen and oxygen atoms in total. The fourth-order valence-electron chi connectivity index (χ4n) is 3.46. The van der Waals surface area contributed by atoms with E-state index in [0.717, 1.165) is 20.6 Å². The Hall–Kier alpha value is -3.18. The number of benzene rings is 3. The summed E-state index contributed by atoms with van der Waals surface area (Å²) < 4.78 is 8.46. The zero-order valence-electron chi connectivity index (χ0n) is 15.2. The molecule has 1 aliphatic rings. The van der Waals surface area contributed by atoms with E-state index < -0.39 is 0 Å². The number of nitrogens with zero attached hydrogens (tertiary/aromatic N) is 2. The van der Waals surface area contributed by atoms with Crippen molar-refractivity contribution in [1.82, 2.24) is 4.57 Å². The molecule has 1 aliphatic heterocycles. The van der Waals surface area contributed by atoms with Gasteiger partial charge in [-0.3, -0.25) is 14.4 Å². The van der Waals surface area contributed by atoms with Crippen LogP contribution in [0.3, 0.4) is 0 Å². The van der Waals surface area contributed by atoms with Crippen molar-refractivity contribution in [3.05, 3.63) is 97.5 Å². The highest BCUT2D eigenvalue weighted by atomic mass is 32.1. The molecule has 0 saturated heterocycles. The first-order chi connectivity index (χ1) is 13.8. The van der Waals surface area contributed by atoms with Gasteiger partial charge >= 0.3 is 0 Å². The van der Waals surface area contributed by atoms with Crippen molar-refractivity contribution in [2.75, 3.05) is 6.54 Å². The van der Waals surface area contributed by atoms with Crippen molar-refractivity contribution in [3.8, 4) is 5.75 Å². The lowest BCUT2D eigenvalue weighted by Gasteiger charge is -2.09. The lowest BCUT2D eigenvalue weighted by Crippen LogP contribution is -2.29. The van der Waals surface area contributed by atoms with Crippen molar-refractivity contribution in [2.45, 2.75) is 13.2 Å². The minimum Gasteiger partial charge on any atom is -0.489 e. The summed E-state index contributed by atoms with van der Waals surface area (Å²) in [6.45, 7) is 1.93. The first kappa shape index (κ1) is 17.0. The second kappa shape index (κ2) is 7.09. The molecular weight excluding hydrogens is 368 g/mol. The van der Waals surface area contributed by atoms with Crippen molar-refractivity contribution in [2.24, 2.45) is 4.99 Å². The molecule has 0 spiro atoms. The van der Waals surface area contributed by atoms with Crippen LogP contribution in [0.1, 0.15) is 11.1 Å². The molecule has 3 aromatic carbocycles. The molecule has 0 unspecified atom stereocenters. The largest absolute Gasteiger partial charge is 0.489 e. The highest BCUT2D eigenvalue weighted by molar-refractivity contribution is 7.07. The Balaban J connectivity index is 1.36. The molecule has 0 amide bonds. The van der Waals surface area contributed by atoms with Gasteiger partial charge in [-0.2, -0.15) is 0 Å². The highest BCUT2D eigenvalue weighted by Crippen LogP contribution is 2.21. The Morgan fingerprint density at radius 1 is 1.04 bits per heavy atom. The van der Waals surface area contributed by atoms with Gasteiger partial charge in [-0.05, 0) is 40.1 Å². The molecule has 2 heterocycles. The molecular formula is C23H18N2O2S. The lowest BCUT2D eigenvalue weighted by atomic mass is 10.1. The fourth-order valence-corrected chi connectivity index (χ4v) is 4.49. The molecule has 1 aromatic heterocycles. The monoisotopic (exact) mass is 386 g/mol. The van der Waals surface area contributed by atoms with Crippen LogP contribution in [-0.4, -0.2) is 11.1 Å². The van der Waals surface area contributed by atoms with Crippen LogP contribution in [0.2, 0.25) is 0 Å². The Kier molecular flexibility index (Phi) is 4.29. The lowest BCUT2D eigenvalue weighted by molar-refractivity contribution is 0.307. The first-order valence-electron chi connectivity index (χ1n) is 9.23. The van der Waals surface area contributed by atoms with Crippen LogP contribution in [0.25, 0.3) is 16.8 Å². The summed E-state index contributed by atoms with van der Waals surface area (Å²) in [5, 5.41) is 2.43. The summed E-state index contributed by atoms with van der Waals surface area (Å²) in [5.41, 5.74) is 2.20. The molecule has 0 bridgehead atoms. The molecule has 4 aromatic rings. The topological polar surface area (TPSA) is 43.6 Å². The summed E-state index contributed by atoms with van der Waals surface area (Å²) >= 11 is 1.45. The molecule has 0 N–H and O–H groups in total. The van der Waals surface area contributed by atoms with Crippen LogP contribution in [0.15, 0.2) is 76.5 Å². The number of ether oxygens (including phenoxy) is 1. The smallest absolute Gasteiger partial charge is 0.270 e. The minimum atomic E-state index is 0.0533. The normalized spacial score (nSPS) is 13.5. The molecule has 0 aliphatic carbocycles. The zero-order chi connectivity index (χ0) is 18.9. The molecule has 5 rings (SSSR count). The van der Waals surface area contributed by atoms with E-state index in [0.29, 0.717) is 19.7 Å². The minimum absolute atomic E-state index is 0.0533. The van der Waals surface area contributed by atoms with Crippen molar-refractivity contribution in [3.63, 3.8) is 0 Å². The maximum Gasteiger partial charge on any atom is 0.270 e. The van der Waals surface area contributed by atoms with Crippen LogP contribution < -0.4 is 19.6 Å².